The number of hydrogen-bond acceptors (Lipinski definition) is 2. The zero-order chi connectivity index (χ0) is 12.3. The van der Waals surface area contributed by atoms with Gasteiger partial charge in [0.1, 0.15) is 0 Å². The van der Waals surface area contributed by atoms with E-state index in [-0.39, 0.29) is 0 Å². The molecule has 0 saturated heterocycles. The van der Waals surface area contributed by atoms with Gasteiger partial charge in [0, 0.05) is 29.9 Å². The van der Waals surface area contributed by atoms with Crippen molar-refractivity contribution in [2.45, 2.75) is 70.4 Å². The third-order valence-corrected chi connectivity index (χ3v) is 4.23. The summed E-state index contributed by atoms with van der Waals surface area (Å²) >= 11 is 0. The van der Waals surface area contributed by atoms with Crippen molar-refractivity contribution in [2.75, 3.05) is 0 Å². The zero-order valence-electron chi connectivity index (χ0n) is 11.1. The van der Waals surface area contributed by atoms with Crippen molar-refractivity contribution in [2.24, 2.45) is 5.73 Å². The lowest BCUT2D eigenvalue weighted by atomic mass is 9.90. The van der Waals surface area contributed by atoms with Gasteiger partial charge < -0.3 is 10.3 Å². The van der Waals surface area contributed by atoms with Crippen LogP contribution < -0.4 is 5.73 Å². The van der Waals surface area contributed by atoms with E-state index in [2.05, 4.69) is 29.6 Å². The van der Waals surface area contributed by atoms with Crippen LogP contribution in [0.4, 0.5) is 0 Å². The maximum Gasteiger partial charge on any atom is 0.0950 e. The van der Waals surface area contributed by atoms with Gasteiger partial charge in [-0.25, -0.2) is 4.98 Å². The summed E-state index contributed by atoms with van der Waals surface area (Å²) in [6, 6.07) is 1.05. The van der Waals surface area contributed by atoms with Crippen molar-refractivity contribution < 1.29 is 0 Å². The van der Waals surface area contributed by atoms with Crippen LogP contribution in [0.3, 0.4) is 0 Å². The molecule has 2 rings (SSSR count). The number of imidazole rings is 1. The summed E-state index contributed by atoms with van der Waals surface area (Å²) in [5.41, 5.74) is 7.40. The van der Waals surface area contributed by atoms with Gasteiger partial charge >= 0.3 is 0 Å². The highest BCUT2D eigenvalue weighted by Gasteiger charge is 2.23. The van der Waals surface area contributed by atoms with Gasteiger partial charge in [-0.15, -0.1) is 0 Å². The Morgan fingerprint density at radius 2 is 1.94 bits per heavy atom. The first-order chi connectivity index (χ1) is 8.26. The normalized spacial score (nSPS) is 25.4. The van der Waals surface area contributed by atoms with Crippen molar-refractivity contribution in [3.8, 4) is 0 Å². The van der Waals surface area contributed by atoms with Crippen LogP contribution in [0.15, 0.2) is 12.5 Å². The van der Waals surface area contributed by atoms with Gasteiger partial charge in [0.15, 0.2) is 0 Å². The Morgan fingerprint density at radius 3 is 2.53 bits per heavy atom. The van der Waals surface area contributed by atoms with Gasteiger partial charge in [0.2, 0.25) is 0 Å². The molecule has 0 spiro atoms. The summed E-state index contributed by atoms with van der Waals surface area (Å²) in [5, 5.41) is 0. The summed E-state index contributed by atoms with van der Waals surface area (Å²) in [6.07, 6.45) is 11.2. The Bertz CT molecular complexity index is 333. The highest BCUT2D eigenvalue weighted by Crippen LogP contribution is 2.32. The number of rotatable bonds is 4. The lowest BCUT2D eigenvalue weighted by Crippen LogP contribution is -2.28. The summed E-state index contributed by atoms with van der Waals surface area (Å²) < 4.78 is 2.42. The maximum atomic E-state index is 5.98. The molecule has 0 atom stereocenters. The Balaban J connectivity index is 2.13. The molecule has 3 nitrogen and oxygen atoms in total. The number of aromatic nitrogens is 2. The monoisotopic (exact) mass is 235 g/mol. The van der Waals surface area contributed by atoms with Crippen molar-refractivity contribution in [3.05, 3.63) is 18.2 Å². The number of hydrogen-bond donors (Lipinski definition) is 1. The van der Waals surface area contributed by atoms with Crippen LogP contribution in [-0.2, 0) is 0 Å². The topological polar surface area (TPSA) is 43.8 Å². The van der Waals surface area contributed by atoms with E-state index in [1.54, 1.807) is 0 Å². The molecule has 3 heteroatoms. The van der Waals surface area contributed by atoms with E-state index < -0.39 is 0 Å². The molecule has 0 aliphatic heterocycles. The first-order valence-electron chi connectivity index (χ1n) is 7.03. The molecule has 17 heavy (non-hydrogen) atoms. The Kier molecular flexibility index (Phi) is 4.21. The van der Waals surface area contributed by atoms with E-state index in [0.717, 1.165) is 12.8 Å². The van der Waals surface area contributed by atoms with Crippen LogP contribution in [0.2, 0.25) is 0 Å². The fourth-order valence-corrected chi connectivity index (χ4v) is 3.02. The predicted molar refractivity (Wildman–Crippen MR) is 71.0 cm³/mol. The molecule has 1 aromatic rings. The molecule has 1 saturated carbocycles. The van der Waals surface area contributed by atoms with E-state index in [9.17, 15) is 0 Å². The second-order valence-electron chi connectivity index (χ2n) is 5.31. The highest BCUT2D eigenvalue weighted by molar-refractivity contribution is 5.08. The largest absolute Gasteiger partial charge is 0.331 e. The fraction of sp³-hybridized carbons (Fsp3) is 0.786. The van der Waals surface area contributed by atoms with Gasteiger partial charge in [-0.2, -0.15) is 0 Å². The van der Waals surface area contributed by atoms with Crippen LogP contribution in [-0.4, -0.2) is 15.6 Å². The van der Waals surface area contributed by atoms with Gasteiger partial charge in [-0.05, 0) is 38.5 Å². The first-order valence-corrected chi connectivity index (χ1v) is 7.03. The predicted octanol–water partition coefficient (Wildman–Crippen LogP) is 3.23. The summed E-state index contributed by atoms with van der Waals surface area (Å²) in [6.45, 7) is 4.53. The van der Waals surface area contributed by atoms with E-state index in [4.69, 9.17) is 5.73 Å². The maximum absolute atomic E-state index is 5.98. The molecule has 2 N–H and O–H groups in total. The smallest absolute Gasteiger partial charge is 0.0950 e. The van der Waals surface area contributed by atoms with Gasteiger partial charge in [-0.3, -0.25) is 0 Å². The van der Waals surface area contributed by atoms with Gasteiger partial charge in [0.05, 0.1) is 6.33 Å². The SMILES string of the molecule is CCC(CC)c1cncn1C1CCC(N)CC1. The lowest BCUT2D eigenvalue weighted by molar-refractivity contribution is 0.314. The minimum Gasteiger partial charge on any atom is -0.331 e. The molecule has 0 unspecified atom stereocenters. The van der Waals surface area contributed by atoms with Crippen molar-refractivity contribution >= 4 is 0 Å². The molecule has 0 radical (unpaired) electrons. The second kappa shape index (κ2) is 5.67. The summed E-state index contributed by atoms with van der Waals surface area (Å²) in [5.74, 6) is 0.660. The third-order valence-electron chi connectivity index (χ3n) is 4.23. The summed E-state index contributed by atoms with van der Waals surface area (Å²) in [7, 11) is 0. The quantitative estimate of drug-likeness (QED) is 0.870. The molecule has 96 valence electrons. The fourth-order valence-electron chi connectivity index (χ4n) is 3.02. The van der Waals surface area contributed by atoms with E-state index in [1.165, 1.54) is 31.4 Å². The molecule has 1 heterocycles. The third kappa shape index (κ3) is 2.71. The zero-order valence-corrected chi connectivity index (χ0v) is 11.1. The van der Waals surface area contributed by atoms with Crippen LogP contribution >= 0.6 is 0 Å². The highest BCUT2D eigenvalue weighted by atomic mass is 15.1. The van der Waals surface area contributed by atoms with E-state index >= 15 is 0 Å². The molecule has 1 fully saturated rings. The van der Waals surface area contributed by atoms with Crippen LogP contribution in [0.25, 0.3) is 0 Å². The van der Waals surface area contributed by atoms with Gasteiger partial charge in [0.25, 0.3) is 0 Å². The molecular formula is C14H25N3. The second-order valence-corrected chi connectivity index (χ2v) is 5.31. The molecule has 0 bridgehead atoms. The molecule has 0 amide bonds. The Hall–Kier alpha value is -0.830. The standard InChI is InChI=1S/C14H25N3/c1-3-11(4-2)14-9-16-10-17(14)13-7-5-12(15)6-8-13/h9-13H,3-8,15H2,1-2H3. The van der Waals surface area contributed by atoms with Crippen LogP contribution in [0, 0.1) is 0 Å². The summed E-state index contributed by atoms with van der Waals surface area (Å²) in [4.78, 5) is 4.36. The van der Waals surface area contributed by atoms with Crippen LogP contribution in [0.5, 0.6) is 0 Å². The number of nitrogens with two attached hydrogens (primary N) is 1. The number of nitrogens with zero attached hydrogens (tertiary/aromatic N) is 2. The Morgan fingerprint density at radius 1 is 1.29 bits per heavy atom. The van der Waals surface area contributed by atoms with Gasteiger partial charge in [-0.1, -0.05) is 13.8 Å². The van der Waals surface area contributed by atoms with E-state index in [1.807, 2.05) is 6.33 Å². The molecular weight excluding hydrogens is 210 g/mol. The average molecular weight is 235 g/mol. The minimum atomic E-state index is 0.423. The Labute approximate surface area is 104 Å². The lowest BCUT2D eigenvalue weighted by Gasteiger charge is -2.29. The van der Waals surface area contributed by atoms with Crippen LogP contribution in [0.1, 0.15) is 70.0 Å². The van der Waals surface area contributed by atoms with E-state index in [0.29, 0.717) is 18.0 Å². The average Bonchev–Trinajstić information content (AvgIpc) is 2.81. The van der Waals surface area contributed by atoms with Crippen molar-refractivity contribution in [1.29, 1.82) is 0 Å². The first kappa shape index (κ1) is 12.6. The van der Waals surface area contributed by atoms with Crippen molar-refractivity contribution in [1.82, 2.24) is 9.55 Å². The molecule has 0 aromatic carbocycles. The van der Waals surface area contributed by atoms with Crippen molar-refractivity contribution in [3.63, 3.8) is 0 Å². The molecule has 1 aromatic heterocycles. The molecule has 1 aliphatic carbocycles. The molecule has 1 aliphatic rings. The minimum absolute atomic E-state index is 0.423.